The van der Waals surface area contributed by atoms with Gasteiger partial charge in [-0.05, 0) is 39.1 Å². The topological polar surface area (TPSA) is 51.5 Å². The molecule has 162 valence electrons. The van der Waals surface area contributed by atoms with Crippen LogP contribution in [0.25, 0.3) is 0 Å². The van der Waals surface area contributed by atoms with Gasteiger partial charge >= 0.3 is 0 Å². The number of benzene rings is 2. The van der Waals surface area contributed by atoms with Crippen molar-refractivity contribution in [3.63, 3.8) is 0 Å². The highest BCUT2D eigenvalue weighted by molar-refractivity contribution is 6.37. The normalized spacial score (nSPS) is 17.7. The molecule has 0 aromatic heterocycles. The van der Waals surface area contributed by atoms with E-state index in [1.807, 2.05) is 67.5 Å². The van der Waals surface area contributed by atoms with Crippen molar-refractivity contribution in [2.45, 2.75) is 32.2 Å². The van der Waals surface area contributed by atoms with E-state index in [1.54, 1.807) is 5.01 Å². The van der Waals surface area contributed by atoms with Crippen LogP contribution in [-0.4, -0.2) is 60.2 Å². The van der Waals surface area contributed by atoms with Gasteiger partial charge in [-0.1, -0.05) is 61.8 Å². The lowest BCUT2D eigenvalue weighted by atomic mass is 9.86. The van der Waals surface area contributed by atoms with Gasteiger partial charge in [0.1, 0.15) is 5.54 Å². The van der Waals surface area contributed by atoms with E-state index < -0.39 is 5.54 Å². The molecule has 0 spiro atoms. The fraction of sp³-hybridized carbons (Fsp3) is 0.375. The van der Waals surface area contributed by atoms with Gasteiger partial charge in [-0.25, -0.2) is 5.01 Å². The number of fused-ring (bicyclic) bond motifs is 3. The van der Waals surface area contributed by atoms with Crippen molar-refractivity contribution < 1.29 is 4.79 Å². The Morgan fingerprint density at radius 1 is 1.06 bits per heavy atom. The Bertz CT molecular complexity index is 1040. The summed E-state index contributed by atoms with van der Waals surface area (Å²) in [6, 6.07) is 15.9. The van der Waals surface area contributed by atoms with Crippen LogP contribution in [0.5, 0.6) is 0 Å². The standard InChI is InChI=1S/C24H28ClN5O/c1-5-24(6-2)23(31)29(16-28(3)4)27-20-15-26-22(17-11-8-7-9-12-17)21-18(25)13-10-14-19(21)30(20)24/h7-14H,5-6,15-16H2,1-4H3. The second kappa shape index (κ2) is 8.44. The molecule has 0 aliphatic carbocycles. The molecule has 0 saturated carbocycles. The van der Waals surface area contributed by atoms with Crippen LogP contribution >= 0.6 is 11.6 Å². The molecule has 6 nitrogen and oxygen atoms in total. The molecule has 0 fully saturated rings. The maximum atomic E-state index is 13.7. The van der Waals surface area contributed by atoms with E-state index in [0.29, 0.717) is 31.1 Å². The SMILES string of the molecule is CCC1(CC)C(=O)N(CN(C)C)N=C2CN=C(c3ccccc3)c3c(Cl)cccc3N21. The van der Waals surface area contributed by atoms with Crippen LogP contribution in [0.2, 0.25) is 5.02 Å². The van der Waals surface area contributed by atoms with E-state index in [1.165, 1.54) is 0 Å². The van der Waals surface area contributed by atoms with E-state index >= 15 is 0 Å². The van der Waals surface area contributed by atoms with Crippen LogP contribution in [0.15, 0.2) is 58.6 Å². The summed E-state index contributed by atoms with van der Waals surface area (Å²) in [6.07, 6.45) is 1.30. The van der Waals surface area contributed by atoms with Gasteiger partial charge in [0.15, 0.2) is 5.84 Å². The van der Waals surface area contributed by atoms with Gasteiger partial charge < -0.3 is 4.90 Å². The molecule has 2 heterocycles. The molecule has 0 radical (unpaired) electrons. The lowest BCUT2D eigenvalue weighted by Crippen LogP contribution is -2.65. The lowest BCUT2D eigenvalue weighted by molar-refractivity contribution is -0.140. The molecular formula is C24H28ClN5O. The number of rotatable bonds is 5. The monoisotopic (exact) mass is 437 g/mol. The first-order chi connectivity index (χ1) is 14.9. The molecule has 31 heavy (non-hydrogen) atoms. The van der Waals surface area contributed by atoms with Gasteiger partial charge in [-0.2, -0.15) is 5.10 Å². The van der Waals surface area contributed by atoms with Crippen LogP contribution < -0.4 is 4.90 Å². The number of hydrogen-bond acceptors (Lipinski definition) is 5. The fourth-order valence-corrected chi connectivity index (χ4v) is 4.77. The first-order valence-corrected chi connectivity index (χ1v) is 11.0. The smallest absolute Gasteiger partial charge is 0.270 e. The summed E-state index contributed by atoms with van der Waals surface area (Å²) >= 11 is 6.75. The number of halogens is 1. The molecule has 2 aliphatic rings. The first kappa shape index (κ1) is 21.5. The number of amides is 1. The van der Waals surface area contributed by atoms with Gasteiger partial charge in [-0.15, -0.1) is 0 Å². The van der Waals surface area contributed by atoms with Crippen molar-refractivity contribution in [1.82, 2.24) is 9.91 Å². The molecule has 2 aromatic rings. The zero-order valence-corrected chi connectivity index (χ0v) is 19.2. The molecule has 0 N–H and O–H groups in total. The first-order valence-electron chi connectivity index (χ1n) is 10.7. The molecule has 0 saturated heterocycles. The van der Waals surface area contributed by atoms with Crippen LogP contribution in [0.4, 0.5) is 5.69 Å². The number of anilines is 1. The average molecular weight is 438 g/mol. The third-order valence-corrected chi connectivity index (χ3v) is 6.35. The van der Waals surface area contributed by atoms with Gasteiger partial charge in [0.05, 0.1) is 29.6 Å². The van der Waals surface area contributed by atoms with E-state index in [-0.39, 0.29) is 5.91 Å². The Hall–Kier alpha value is -2.70. The van der Waals surface area contributed by atoms with Gasteiger partial charge in [0, 0.05) is 11.1 Å². The number of carbonyl (C=O) groups excluding carboxylic acids is 1. The molecule has 2 aromatic carbocycles. The number of aliphatic imine (C=N–C) groups is 1. The van der Waals surface area contributed by atoms with Crippen LogP contribution in [0, 0.1) is 0 Å². The lowest BCUT2D eigenvalue weighted by Gasteiger charge is -2.48. The number of hydrogen-bond donors (Lipinski definition) is 0. The summed E-state index contributed by atoms with van der Waals surface area (Å²) in [7, 11) is 3.88. The number of amidine groups is 1. The molecular weight excluding hydrogens is 410 g/mol. The summed E-state index contributed by atoms with van der Waals surface area (Å²) in [5, 5.41) is 6.97. The van der Waals surface area contributed by atoms with E-state index in [9.17, 15) is 4.79 Å². The van der Waals surface area contributed by atoms with Crippen molar-refractivity contribution in [3.8, 4) is 0 Å². The van der Waals surface area contributed by atoms with Crippen molar-refractivity contribution in [2.24, 2.45) is 10.1 Å². The summed E-state index contributed by atoms with van der Waals surface area (Å²) in [6.45, 7) is 4.92. The molecule has 2 aliphatic heterocycles. The highest BCUT2D eigenvalue weighted by Crippen LogP contribution is 2.41. The second-order valence-electron chi connectivity index (χ2n) is 8.18. The van der Waals surface area contributed by atoms with E-state index in [4.69, 9.17) is 21.7 Å². The van der Waals surface area contributed by atoms with E-state index in [0.717, 1.165) is 28.4 Å². The highest BCUT2D eigenvalue weighted by Gasteiger charge is 2.50. The fourth-order valence-electron chi connectivity index (χ4n) is 4.51. The van der Waals surface area contributed by atoms with E-state index in [2.05, 4.69) is 18.7 Å². The maximum Gasteiger partial charge on any atom is 0.270 e. The molecule has 0 atom stereocenters. The van der Waals surface area contributed by atoms with Gasteiger partial charge in [0.25, 0.3) is 5.91 Å². The predicted molar refractivity (Wildman–Crippen MR) is 127 cm³/mol. The van der Waals surface area contributed by atoms with Gasteiger partial charge in [-0.3, -0.25) is 14.7 Å². The largest absolute Gasteiger partial charge is 0.311 e. The average Bonchev–Trinajstić information content (AvgIpc) is 2.93. The zero-order valence-electron chi connectivity index (χ0n) is 18.5. The summed E-state index contributed by atoms with van der Waals surface area (Å²) in [5.74, 6) is 0.767. The Labute approximate surface area is 188 Å². The molecule has 0 bridgehead atoms. The zero-order chi connectivity index (χ0) is 22.2. The second-order valence-corrected chi connectivity index (χ2v) is 8.59. The quantitative estimate of drug-likeness (QED) is 0.703. The Morgan fingerprint density at radius 3 is 2.42 bits per heavy atom. The molecule has 1 amide bonds. The van der Waals surface area contributed by atoms with Crippen molar-refractivity contribution in [1.29, 1.82) is 0 Å². The summed E-state index contributed by atoms with van der Waals surface area (Å²) in [4.78, 5) is 22.8. The minimum atomic E-state index is -0.742. The Kier molecular flexibility index (Phi) is 5.86. The van der Waals surface area contributed by atoms with Crippen LogP contribution in [0.1, 0.15) is 37.8 Å². The summed E-state index contributed by atoms with van der Waals surface area (Å²) < 4.78 is 0. The third kappa shape index (κ3) is 3.54. The van der Waals surface area contributed by atoms with Crippen molar-refractivity contribution in [3.05, 3.63) is 64.7 Å². The number of hydrazone groups is 1. The predicted octanol–water partition coefficient (Wildman–Crippen LogP) is 4.23. The molecule has 0 unspecified atom stereocenters. The highest BCUT2D eigenvalue weighted by atomic mass is 35.5. The van der Waals surface area contributed by atoms with Gasteiger partial charge in [0.2, 0.25) is 0 Å². The number of carbonyl (C=O) groups is 1. The molecule has 4 rings (SSSR count). The van der Waals surface area contributed by atoms with Crippen LogP contribution in [-0.2, 0) is 4.79 Å². The summed E-state index contributed by atoms with van der Waals surface area (Å²) in [5.41, 5.74) is 2.81. The van der Waals surface area contributed by atoms with Crippen molar-refractivity contribution >= 4 is 34.7 Å². The number of nitrogens with zero attached hydrogens (tertiary/aromatic N) is 5. The van der Waals surface area contributed by atoms with Crippen molar-refractivity contribution in [2.75, 3.05) is 32.2 Å². The Balaban J connectivity index is 1.98. The molecule has 7 heteroatoms. The minimum absolute atomic E-state index is 0.00374. The minimum Gasteiger partial charge on any atom is -0.311 e. The Morgan fingerprint density at radius 2 is 1.77 bits per heavy atom. The maximum absolute atomic E-state index is 13.7. The third-order valence-electron chi connectivity index (χ3n) is 6.04. The van der Waals surface area contributed by atoms with Crippen LogP contribution in [0.3, 0.4) is 0 Å².